The lowest BCUT2D eigenvalue weighted by molar-refractivity contribution is -0.136. The fraction of sp³-hybridized carbons (Fsp3) is 0.933. The molecule has 1 saturated heterocycles. The van der Waals surface area contributed by atoms with Crippen molar-refractivity contribution in [3.8, 4) is 0 Å². The molecule has 0 aromatic heterocycles. The van der Waals surface area contributed by atoms with E-state index in [1.165, 1.54) is 19.3 Å². The summed E-state index contributed by atoms with van der Waals surface area (Å²) in [6.45, 7) is 2.32. The molecule has 1 amide bonds. The summed E-state index contributed by atoms with van der Waals surface area (Å²) >= 11 is 0. The molecule has 2 atom stereocenters. The predicted octanol–water partition coefficient (Wildman–Crippen LogP) is 1.23. The van der Waals surface area contributed by atoms with Crippen LogP contribution in [0.25, 0.3) is 0 Å². The first-order valence-corrected chi connectivity index (χ1v) is 7.79. The number of aliphatic hydroxyl groups is 1. The molecule has 3 rings (SSSR count). The van der Waals surface area contributed by atoms with Crippen molar-refractivity contribution in [2.24, 2.45) is 5.92 Å². The molecule has 4 heteroatoms. The van der Waals surface area contributed by atoms with Crippen LogP contribution in [0.3, 0.4) is 0 Å². The van der Waals surface area contributed by atoms with Gasteiger partial charge in [0.2, 0.25) is 5.91 Å². The number of hydrogen-bond acceptors (Lipinski definition) is 3. The number of rotatable bonds is 3. The van der Waals surface area contributed by atoms with Crippen LogP contribution in [0.5, 0.6) is 0 Å². The molecular weight excluding hydrogens is 240 g/mol. The average Bonchev–Trinajstić information content (AvgIpc) is 3.22. The minimum Gasteiger partial charge on any atom is -0.390 e. The van der Waals surface area contributed by atoms with Crippen LogP contribution in [0.1, 0.15) is 44.9 Å². The van der Waals surface area contributed by atoms with Gasteiger partial charge in [0.15, 0.2) is 0 Å². The molecule has 0 spiro atoms. The second-order valence-electron chi connectivity index (χ2n) is 6.77. The molecule has 0 bridgehead atoms. The molecule has 3 fully saturated rings. The molecular formula is C15H26N2O2. The molecule has 19 heavy (non-hydrogen) atoms. The summed E-state index contributed by atoms with van der Waals surface area (Å²) in [7, 11) is 1.93. The van der Waals surface area contributed by atoms with Crippen LogP contribution < -0.4 is 0 Å². The minimum atomic E-state index is -0.430. The van der Waals surface area contributed by atoms with Gasteiger partial charge in [0.1, 0.15) is 0 Å². The Morgan fingerprint density at radius 3 is 2.84 bits per heavy atom. The summed E-state index contributed by atoms with van der Waals surface area (Å²) in [5.74, 6) is 0.637. The van der Waals surface area contributed by atoms with Gasteiger partial charge < -0.3 is 10.0 Å². The van der Waals surface area contributed by atoms with Crippen LogP contribution in [0.2, 0.25) is 0 Å². The molecule has 2 aliphatic carbocycles. The Kier molecular flexibility index (Phi) is 3.56. The lowest BCUT2D eigenvalue weighted by atomic mass is 9.71. The molecule has 1 N–H and O–H groups in total. The normalized spacial score (nSPS) is 35.8. The second kappa shape index (κ2) is 5.06. The Morgan fingerprint density at radius 1 is 1.32 bits per heavy atom. The molecule has 0 aromatic rings. The zero-order chi connectivity index (χ0) is 13.5. The van der Waals surface area contributed by atoms with Crippen LogP contribution in [0.4, 0.5) is 0 Å². The number of hydrogen-bond donors (Lipinski definition) is 1. The maximum atomic E-state index is 12.2. The van der Waals surface area contributed by atoms with Gasteiger partial charge in [-0.1, -0.05) is 12.8 Å². The molecule has 0 aromatic carbocycles. The van der Waals surface area contributed by atoms with Crippen molar-refractivity contribution in [3.05, 3.63) is 0 Å². The van der Waals surface area contributed by atoms with Crippen molar-refractivity contribution in [3.63, 3.8) is 0 Å². The average molecular weight is 266 g/mol. The Morgan fingerprint density at radius 2 is 2.11 bits per heavy atom. The number of likely N-dealkylation sites (N-methyl/N-ethyl adjacent to an activating group) is 1. The third kappa shape index (κ3) is 2.79. The highest BCUT2D eigenvalue weighted by molar-refractivity contribution is 5.78. The summed E-state index contributed by atoms with van der Waals surface area (Å²) in [6.07, 6.45) is 7.67. The molecule has 2 unspecified atom stereocenters. The van der Waals surface area contributed by atoms with Gasteiger partial charge in [-0.25, -0.2) is 0 Å². The van der Waals surface area contributed by atoms with E-state index in [0.29, 0.717) is 18.5 Å². The van der Waals surface area contributed by atoms with Gasteiger partial charge >= 0.3 is 0 Å². The summed E-state index contributed by atoms with van der Waals surface area (Å²) < 4.78 is 0. The maximum Gasteiger partial charge on any atom is 0.236 e. The fourth-order valence-corrected chi connectivity index (χ4v) is 3.75. The van der Waals surface area contributed by atoms with Crippen LogP contribution in [0.15, 0.2) is 0 Å². The van der Waals surface area contributed by atoms with Crippen LogP contribution in [-0.2, 0) is 4.79 Å². The number of amides is 1. The first-order valence-electron chi connectivity index (χ1n) is 7.79. The van der Waals surface area contributed by atoms with Crippen molar-refractivity contribution < 1.29 is 9.90 Å². The lowest BCUT2D eigenvalue weighted by Gasteiger charge is -2.47. The Balaban J connectivity index is 1.54. The minimum absolute atomic E-state index is 0.253. The van der Waals surface area contributed by atoms with Crippen LogP contribution in [0, 0.1) is 5.92 Å². The largest absolute Gasteiger partial charge is 0.390 e. The van der Waals surface area contributed by atoms with Crippen LogP contribution in [-0.4, -0.2) is 59.1 Å². The van der Waals surface area contributed by atoms with Gasteiger partial charge in [-0.2, -0.15) is 0 Å². The van der Waals surface area contributed by atoms with Crippen molar-refractivity contribution in [2.45, 2.75) is 56.6 Å². The Hall–Kier alpha value is -0.610. The standard InChI is InChI=1S/C15H26N2O2/c1-16(13-5-6-13)14(18)11-17-9-8-15(19)7-3-2-4-12(15)10-17/h12-13,19H,2-11H2,1H3. The molecule has 108 valence electrons. The smallest absolute Gasteiger partial charge is 0.236 e. The Bertz CT molecular complexity index is 356. The first-order chi connectivity index (χ1) is 9.08. The second-order valence-corrected chi connectivity index (χ2v) is 6.77. The zero-order valence-corrected chi connectivity index (χ0v) is 12.0. The molecule has 1 aliphatic heterocycles. The first kappa shape index (κ1) is 13.4. The SMILES string of the molecule is CN(C(=O)CN1CCC2(O)CCCCC2C1)C1CC1. The van der Waals surface area contributed by atoms with E-state index in [0.717, 1.165) is 38.8 Å². The van der Waals surface area contributed by atoms with E-state index in [4.69, 9.17) is 0 Å². The molecule has 2 saturated carbocycles. The van der Waals surface area contributed by atoms with Crippen molar-refractivity contribution in [2.75, 3.05) is 26.7 Å². The van der Waals surface area contributed by atoms with E-state index in [1.54, 1.807) is 0 Å². The van der Waals surface area contributed by atoms with E-state index in [9.17, 15) is 9.90 Å². The number of nitrogens with zero attached hydrogens (tertiary/aromatic N) is 2. The van der Waals surface area contributed by atoms with E-state index in [2.05, 4.69) is 4.90 Å². The number of carbonyl (C=O) groups is 1. The molecule has 1 heterocycles. The molecule has 3 aliphatic rings. The highest BCUT2D eigenvalue weighted by atomic mass is 16.3. The topological polar surface area (TPSA) is 43.8 Å². The highest BCUT2D eigenvalue weighted by Gasteiger charge is 2.43. The van der Waals surface area contributed by atoms with Gasteiger partial charge in [0, 0.05) is 32.1 Å². The number of piperidine rings is 1. The summed E-state index contributed by atoms with van der Waals surface area (Å²) in [5.41, 5.74) is -0.430. The van der Waals surface area contributed by atoms with Gasteiger partial charge in [0.25, 0.3) is 0 Å². The third-order valence-corrected chi connectivity index (χ3v) is 5.36. The maximum absolute atomic E-state index is 12.2. The highest BCUT2D eigenvalue weighted by Crippen LogP contribution is 2.39. The van der Waals surface area contributed by atoms with Crippen molar-refractivity contribution in [1.29, 1.82) is 0 Å². The van der Waals surface area contributed by atoms with E-state index >= 15 is 0 Å². The van der Waals surface area contributed by atoms with Gasteiger partial charge in [-0.15, -0.1) is 0 Å². The van der Waals surface area contributed by atoms with Gasteiger partial charge in [-0.3, -0.25) is 9.69 Å². The van der Waals surface area contributed by atoms with E-state index in [-0.39, 0.29) is 5.91 Å². The summed E-state index contributed by atoms with van der Waals surface area (Å²) in [4.78, 5) is 16.3. The number of carbonyl (C=O) groups excluding carboxylic acids is 1. The van der Waals surface area contributed by atoms with Crippen molar-refractivity contribution in [1.82, 2.24) is 9.80 Å². The predicted molar refractivity (Wildman–Crippen MR) is 73.8 cm³/mol. The fourth-order valence-electron chi connectivity index (χ4n) is 3.75. The quantitative estimate of drug-likeness (QED) is 0.835. The molecule has 0 radical (unpaired) electrons. The number of fused-ring (bicyclic) bond motifs is 1. The summed E-state index contributed by atoms with van der Waals surface area (Å²) in [6, 6.07) is 0.504. The summed E-state index contributed by atoms with van der Waals surface area (Å²) in [5, 5.41) is 10.6. The van der Waals surface area contributed by atoms with Crippen molar-refractivity contribution >= 4 is 5.91 Å². The number of likely N-dealkylation sites (tertiary alicyclic amines) is 1. The molecule has 4 nitrogen and oxygen atoms in total. The monoisotopic (exact) mass is 266 g/mol. The third-order valence-electron chi connectivity index (χ3n) is 5.36. The van der Waals surface area contributed by atoms with Gasteiger partial charge in [0.05, 0.1) is 12.1 Å². The van der Waals surface area contributed by atoms with Gasteiger partial charge in [-0.05, 0) is 32.1 Å². The van der Waals surface area contributed by atoms with E-state index in [1.807, 2.05) is 11.9 Å². The Labute approximate surface area is 115 Å². The van der Waals surface area contributed by atoms with E-state index < -0.39 is 5.60 Å². The lowest BCUT2D eigenvalue weighted by Crippen LogP contribution is -2.55. The zero-order valence-electron chi connectivity index (χ0n) is 12.0. The van der Waals surface area contributed by atoms with Crippen LogP contribution >= 0.6 is 0 Å².